The summed E-state index contributed by atoms with van der Waals surface area (Å²) in [6.45, 7) is 16.5. The van der Waals surface area contributed by atoms with Gasteiger partial charge in [0.15, 0.2) is 0 Å². The predicted octanol–water partition coefficient (Wildman–Crippen LogP) is 12.6. The molecule has 7 heteroatoms. The Bertz CT molecular complexity index is 2650. The number of nitrogens with zero attached hydrogens (tertiary/aromatic N) is 5. The molecule has 0 bridgehead atoms. The molecular formula is C51H51N5OPt. The molecule has 0 saturated heterocycles. The van der Waals surface area contributed by atoms with Crippen LogP contribution in [0, 0.1) is 18.1 Å². The zero-order valence-electron chi connectivity index (χ0n) is 34.5. The summed E-state index contributed by atoms with van der Waals surface area (Å²) < 4.78 is 8.77. The van der Waals surface area contributed by atoms with Crippen molar-refractivity contribution >= 4 is 44.8 Å². The smallest absolute Gasteiger partial charge is 0.518 e. The van der Waals surface area contributed by atoms with Crippen molar-refractivity contribution in [3.63, 3.8) is 0 Å². The Hall–Kier alpha value is -5.06. The first-order valence-electron chi connectivity index (χ1n) is 20.6. The van der Waals surface area contributed by atoms with E-state index in [1.165, 1.54) is 22.1 Å². The number of benzene rings is 4. The van der Waals surface area contributed by atoms with Gasteiger partial charge in [0.25, 0.3) is 0 Å². The summed E-state index contributed by atoms with van der Waals surface area (Å²) in [5, 5.41) is 2.33. The van der Waals surface area contributed by atoms with Crippen LogP contribution >= 0.6 is 0 Å². The van der Waals surface area contributed by atoms with E-state index in [1.54, 1.807) is 0 Å². The molecule has 296 valence electrons. The van der Waals surface area contributed by atoms with Gasteiger partial charge in [0.2, 0.25) is 0 Å². The van der Waals surface area contributed by atoms with E-state index >= 15 is 0 Å². The molecule has 2 aliphatic rings. The normalized spacial score (nSPS) is 15.9. The van der Waals surface area contributed by atoms with Crippen LogP contribution in [-0.4, -0.2) is 33.1 Å². The van der Waals surface area contributed by atoms with Crippen LogP contribution in [0.15, 0.2) is 114 Å². The number of hydrogen-bond acceptors (Lipinski definition) is 5. The summed E-state index contributed by atoms with van der Waals surface area (Å²) in [7, 11) is 0. The summed E-state index contributed by atoms with van der Waals surface area (Å²) >= 11 is 0. The number of pyridine rings is 2. The van der Waals surface area contributed by atoms with E-state index in [9.17, 15) is 0 Å². The van der Waals surface area contributed by atoms with Gasteiger partial charge in [0.1, 0.15) is 11.7 Å². The second-order valence-electron chi connectivity index (χ2n) is 17.3. The van der Waals surface area contributed by atoms with Crippen molar-refractivity contribution in [2.75, 3.05) is 11.5 Å². The Balaban J connectivity index is 0.00000469. The predicted molar refractivity (Wildman–Crippen MR) is 235 cm³/mol. The molecular weight excluding hydrogens is 894 g/mol. The van der Waals surface area contributed by atoms with Crippen LogP contribution in [0.3, 0.4) is 0 Å². The summed E-state index contributed by atoms with van der Waals surface area (Å²) in [6, 6.07) is 42.6. The van der Waals surface area contributed by atoms with Gasteiger partial charge in [0.05, 0.1) is 18.3 Å². The van der Waals surface area contributed by atoms with Crippen molar-refractivity contribution in [2.24, 2.45) is 10.9 Å². The Morgan fingerprint density at radius 3 is 2.33 bits per heavy atom. The third-order valence-electron chi connectivity index (χ3n) is 12.1. The maximum Gasteiger partial charge on any atom is 2.00 e. The average molecular weight is 945 g/mol. The quantitative estimate of drug-likeness (QED) is 0.135. The van der Waals surface area contributed by atoms with Gasteiger partial charge in [-0.05, 0) is 88.2 Å². The van der Waals surface area contributed by atoms with Crippen LogP contribution in [0.2, 0.25) is 0 Å². The molecule has 6 nitrogen and oxygen atoms in total. The molecule has 0 saturated carbocycles. The van der Waals surface area contributed by atoms with Crippen LogP contribution in [0.1, 0.15) is 96.4 Å². The largest absolute Gasteiger partial charge is 2.00 e. The topological polar surface area (TPSA) is 55.5 Å². The number of anilines is 3. The molecule has 58 heavy (non-hydrogen) atoms. The van der Waals surface area contributed by atoms with E-state index in [1.807, 2.05) is 24.5 Å². The second kappa shape index (κ2) is 15.6. The molecule has 3 aromatic heterocycles. The van der Waals surface area contributed by atoms with Gasteiger partial charge in [-0.25, -0.2) is 4.98 Å². The zero-order valence-corrected chi connectivity index (χ0v) is 36.8. The van der Waals surface area contributed by atoms with E-state index < -0.39 is 0 Å². The van der Waals surface area contributed by atoms with Crippen molar-refractivity contribution in [3.05, 3.63) is 144 Å². The van der Waals surface area contributed by atoms with Gasteiger partial charge in [-0.15, -0.1) is 35.2 Å². The van der Waals surface area contributed by atoms with Crippen molar-refractivity contribution < 1.29 is 25.8 Å². The number of hydrogen-bond donors (Lipinski definition) is 0. The number of fused-ring (bicyclic) bond motifs is 5. The van der Waals surface area contributed by atoms with Crippen LogP contribution in [0.5, 0.6) is 0 Å². The monoisotopic (exact) mass is 944 g/mol. The van der Waals surface area contributed by atoms with Crippen LogP contribution < -0.4 is 4.90 Å². The van der Waals surface area contributed by atoms with Crippen molar-refractivity contribution in [1.82, 2.24) is 14.5 Å². The maximum absolute atomic E-state index is 6.48. The molecule has 0 fully saturated rings. The molecule has 9 rings (SSSR count). The Morgan fingerprint density at radius 2 is 1.57 bits per heavy atom. The second-order valence-corrected chi connectivity index (χ2v) is 17.3. The standard InChI is InChI=1S/C51H51N5O.Pt/c1-8-16-33(17-9-2)43-32-57-49(54-43)35-26-34(42-20-14-15-24-52-42)27-37(28-35)55-45-22-13-11-19-40(45)51(6,7)41-30-39-38-18-10-12-21-44(38)56(46(39)31-47(41)55)48-29-36(23-25-53-48)50(3,4)5;/h10-15,18-27,29-30,33,43H,8-9,16-17,32H2,1-7H3;/q-2;+2/t43-;/m0./s1. The fraction of sp³-hybridized carbons (Fsp3) is 0.314. The van der Waals surface area contributed by atoms with E-state index in [0.29, 0.717) is 18.4 Å². The molecule has 0 aliphatic carbocycles. The van der Waals surface area contributed by atoms with Crippen molar-refractivity contribution in [1.29, 1.82) is 0 Å². The summed E-state index contributed by atoms with van der Waals surface area (Å²) in [4.78, 5) is 17.4. The van der Waals surface area contributed by atoms with Crippen LogP contribution in [-0.2, 0) is 36.6 Å². The zero-order chi connectivity index (χ0) is 39.5. The van der Waals surface area contributed by atoms with E-state index in [4.69, 9.17) is 19.7 Å². The first-order chi connectivity index (χ1) is 27.6. The molecule has 2 aliphatic heterocycles. The molecule has 0 N–H and O–H groups in total. The summed E-state index contributed by atoms with van der Waals surface area (Å²) in [5.74, 6) is 2.04. The number of rotatable bonds is 9. The van der Waals surface area contributed by atoms with Gasteiger partial charge < -0.3 is 14.2 Å². The summed E-state index contributed by atoms with van der Waals surface area (Å²) in [6.07, 6.45) is 8.37. The Morgan fingerprint density at radius 1 is 0.810 bits per heavy atom. The minimum Gasteiger partial charge on any atom is -0.518 e. The molecule has 7 aromatic rings. The Kier molecular flexibility index (Phi) is 10.7. The van der Waals surface area contributed by atoms with Crippen LogP contribution in [0.4, 0.5) is 17.1 Å². The first kappa shape index (κ1) is 39.7. The first-order valence-corrected chi connectivity index (χ1v) is 20.6. The maximum atomic E-state index is 6.48. The number of ether oxygens (including phenoxy) is 1. The number of aliphatic imine (C=N–C) groups is 1. The van der Waals surface area contributed by atoms with E-state index in [2.05, 4.69) is 155 Å². The van der Waals surface area contributed by atoms with E-state index in [-0.39, 0.29) is 37.9 Å². The minimum atomic E-state index is -0.318. The van der Waals surface area contributed by atoms with Gasteiger partial charge in [-0.3, -0.25) is 9.98 Å². The molecule has 0 radical (unpaired) electrons. The van der Waals surface area contributed by atoms with Gasteiger partial charge >= 0.3 is 21.1 Å². The van der Waals surface area contributed by atoms with Crippen molar-refractivity contribution in [3.8, 4) is 17.1 Å². The van der Waals surface area contributed by atoms with E-state index in [0.717, 1.165) is 81.8 Å². The molecule has 0 spiro atoms. The third kappa shape index (κ3) is 6.87. The molecule has 4 aromatic carbocycles. The third-order valence-corrected chi connectivity index (χ3v) is 12.1. The molecule has 0 amide bonds. The Labute approximate surface area is 357 Å². The SMILES string of the molecule is CCCC(CCC)[C@@H]1COC(c2[c-]c(N3c4[c-]c5c(cc4C(C)(C)c4ccccc43)c3ccccc3n5-c3cc(C(C)(C)C)ccn3)cc(-c3ccccn3)c2)=N1.[Pt+2]. The van der Waals surface area contributed by atoms with Crippen LogP contribution in [0.25, 0.3) is 38.9 Å². The van der Waals surface area contributed by atoms with Crippen molar-refractivity contribution in [2.45, 2.75) is 91.0 Å². The fourth-order valence-electron chi connectivity index (χ4n) is 9.06. The summed E-state index contributed by atoms with van der Waals surface area (Å²) in [5.41, 5.74) is 11.1. The minimum absolute atomic E-state index is 0. The van der Waals surface area contributed by atoms with Gasteiger partial charge in [-0.2, -0.15) is 6.07 Å². The average Bonchev–Trinajstić information content (AvgIpc) is 3.84. The van der Waals surface area contributed by atoms with Gasteiger partial charge in [0, 0.05) is 23.6 Å². The molecule has 5 heterocycles. The number of aromatic nitrogens is 3. The van der Waals surface area contributed by atoms with Gasteiger partial charge in [-0.1, -0.05) is 126 Å². The number of para-hydroxylation sites is 2. The molecule has 1 atom stereocenters. The molecule has 0 unspecified atom stereocenters. The fourth-order valence-corrected chi connectivity index (χ4v) is 9.06.